The maximum absolute atomic E-state index is 11.9. The summed E-state index contributed by atoms with van der Waals surface area (Å²) in [4.78, 5) is 16.3. The third kappa shape index (κ3) is 2.90. The van der Waals surface area contributed by atoms with Crippen molar-refractivity contribution < 1.29 is 4.79 Å². The zero-order valence-electron chi connectivity index (χ0n) is 11.4. The Labute approximate surface area is 118 Å². The van der Waals surface area contributed by atoms with Gasteiger partial charge in [-0.1, -0.05) is 31.0 Å². The number of carbonyl (C=O) groups is 1. The molecule has 1 aromatic carbocycles. The van der Waals surface area contributed by atoms with Crippen molar-refractivity contribution in [1.82, 2.24) is 10.3 Å². The van der Waals surface area contributed by atoms with Gasteiger partial charge in [-0.25, -0.2) is 0 Å². The van der Waals surface area contributed by atoms with Crippen LogP contribution in [0.25, 0.3) is 10.9 Å². The Morgan fingerprint density at radius 3 is 2.85 bits per heavy atom. The number of amides is 1. The highest BCUT2D eigenvalue weighted by molar-refractivity contribution is 5.92. The van der Waals surface area contributed by atoms with E-state index >= 15 is 0 Å². The summed E-state index contributed by atoms with van der Waals surface area (Å²) in [6.07, 6.45) is 6.45. The second-order valence-corrected chi connectivity index (χ2v) is 5.28. The number of para-hydroxylation sites is 1. The maximum Gasteiger partial charge on any atom is 0.239 e. The van der Waals surface area contributed by atoms with Crippen LogP contribution in [-0.2, 0) is 4.79 Å². The van der Waals surface area contributed by atoms with Gasteiger partial charge in [-0.15, -0.1) is 0 Å². The summed E-state index contributed by atoms with van der Waals surface area (Å²) in [5.41, 5.74) is 1.81. The second kappa shape index (κ2) is 5.90. The highest BCUT2D eigenvalue weighted by Gasteiger charge is 2.16. The molecule has 0 aliphatic heterocycles. The number of benzene rings is 1. The predicted molar refractivity (Wildman–Crippen MR) is 80.6 cm³/mol. The molecule has 3 rings (SSSR count). The Morgan fingerprint density at radius 2 is 2.00 bits per heavy atom. The smallest absolute Gasteiger partial charge is 0.239 e. The van der Waals surface area contributed by atoms with E-state index < -0.39 is 0 Å². The Balaban J connectivity index is 1.63. The number of anilines is 1. The molecule has 0 bridgehead atoms. The van der Waals surface area contributed by atoms with Gasteiger partial charge in [-0.2, -0.15) is 0 Å². The predicted octanol–water partition coefficient (Wildman–Crippen LogP) is 2.71. The lowest BCUT2D eigenvalue weighted by Gasteiger charge is -2.13. The minimum absolute atomic E-state index is 0.0600. The molecule has 1 saturated carbocycles. The van der Waals surface area contributed by atoms with Crippen molar-refractivity contribution in [1.29, 1.82) is 0 Å². The molecule has 1 fully saturated rings. The number of nitrogens with zero attached hydrogens (tertiary/aromatic N) is 1. The largest absolute Gasteiger partial charge is 0.374 e. The average molecular weight is 269 g/mol. The number of nitrogens with one attached hydrogen (secondary N) is 2. The van der Waals surface area contributed by atoms with Crippen LogP contribution in [0.3, 0.4) is 0 Å². The van der Waals surface area contributed by atoms with E-state index in [9.17, 15) is 4.79 Å². The van der Waals surface area contributed by atoms with Gasteiger partial charge in [0.25, 0.3) is 0 Å². The molecule has 4 nitrogen and oxygen atoms in total. The van der Waals surface area contributed by atoms with Crippen molar-refractivity contribution in [2.24, 2.45) is 0 Å². The number of rotatable bonds is 4. The molecule has 2 N–H and O–H groups in total. The van der Waals surface area contributed by atoms with Gasteiger partial charge in [0.1, 0.15) is 0 Å². The van der Waals surface area contributed by atoms with Gasteiger partial charge in [0.05, 0.1) is 17.7 Å². The van der Waals surface area contributed by atoms with Crippen LogP contribution in [0.4, 0.5) is 5.69 Å². The van der Waals surface area contributed by atoms with E-state index in [4.69, 9.17) is 0 Å². The number of hydrogen-bond donors (Lipinski definition) is 2. The highest BCUT2D eigenvalue weighted by atomic mass is 16.1. The summed E-state index contributed by atoms with van der Waals surface area (Å²) in [7, 11) is 0. The van der Waals surface area contributed by atoms with Gasteiger partial charge < -0.3 is 10.6 Å². The third-order valence-corrected chi connectivity index (χ3v) is 3.79. The van der Waals surface area contributed by atoms with Crippen molar-refractivity contribution >= 4 is 22.5 Å². The van der Waals surface area contributed by atoms with Crippen LogP contribution in [0.2, 0.25) is 0 Å². The molecule has 0 radical (unpaired) electrons. The van der Waals surface area contributed by atoms with Crippen LogP contribution in [0.5, 0.6) is 0 Å². The molecule has 0 spiro atoms. The molecule has 0 saturated heterocycles. The number of carbonyl (C=O) groups excluding carboxylic acids is 1. The first-order valence-electron chi connectivity index (χ1n) is 7.20. The number of hydrogen-bond acceptors (Lipinski definition) is 3. The van der Waals surface area contributed by atoms with E-state index in [-0.39, 0.29) is 5.91 Å². The Hall–Kier alpha value is -2.10. The maximum atomic E-state index is 11.9. The number of fused-ring (bicyclic) bond motifs is 1. The lowest BCUT2D eigenvalue weighted by Crippen LogP contribution is -2.36. The lowest BCUT2D eigenvalue weighted by atomic mass is 10.2. The molecule has 1 amide bonds. The molecule has 2 aromatic rings. The standard InChI is InChI=1S/C16H19N3O/c20-15(19-13-7-1-2-8-13)11-18-14-9-3-5-12-6-4-10-17-16(12)14/h3-6,9-10,13,18H,1-2,7-8,11H2,(H,19,20). The SMILES string of the molecule is O=C(CNc1cccc2cccnc12)NC1CCCC1. The van der Waals surface area contributed by atoms with Gasteiger partial charge in [0, 0.05) is 17.6 Å². The van der Waals surface area contributed by atoms with Crippen molar-refractivity contribution in [2.75, 3.05) is 11.9 Å². The van der Waals surface area contributed by atoms with Gasteiger partial charge in [0.15, 0.2) is 0 Å². The fraction of sp³-hybridized carbons (Fsp3) is 0.375. The van der Waals surface area contributed by atoms with Crippen LogP contribution >= 0.6 is 0 Å². The van der Waals surface area contributed by atoms with Crippen LogP contribution < -0.4 is 10.6 Å². The molecule has 4 heteroatoms. The highest BCUT2D eigenvalue weighted by Crippen LogP contribution is 2.20. The van der Waals surface area contributed by atoms with Gasteiger partial charge >= 0.3 is 0 Å². The first kappa shape index (κ1) is 12.9. The number of pyridine rings is 1. The van der Waals surface area contributed by atoms with Crippen molar-refractivity contribution in [3.8, 4) is 0 Å². The van der Waals surface area contributed by atoms with Gasteiger partial charge in [-0.3, -0.25) is 9.78 Å². The molecular weight excluding hydrogens is 250 g/mol. The van der Waals surface area contributed by atoms with Crippen LogP contribution in [-0.4, -0.2) is 23.5 Å². The minimum Gasteiger partial charge on any atom is -0.374 e. The summed E-state index contributed by atoms with van der Waals surface area (Å²) >= 11 is 0. The van der Waals surface area contributed by atoms with Gasteiger partial charge in [-0.05, 0) is 25.0 Å². The molecule has 1 aromatic heterocycles. The Bertz CT molecular complexity index is 600. The average Bonchev–Trinajstić information content (AvgIpc) is 2.98. The topological polar surface area (TPSA) is 54.0 Å². The summed E-state index contributed by atoms with van der Waals surface area (Å²) < 4.78 is 0. The van der Waals surface area contributed by atoms with Crippen molar-refractivity contribution in [3.63, 3.8) is 0 Å². The summed E-state index contributed by atoms with van der Waals surface area (Å²) in [5, 5.41) is 7.34. The zero-order chi connectivity index (χ0) is 13.8. The second-order valence-electron chi connectivity index (χ2n) is 5.28. The molecule has 0 atom stereocenters. The fourth-order valence-corrected chi connectivity index (χ4v) is 2.77. The molecule has 1 aliphatic rings. The van der Waals surface area contributed by atoms with E-state index in [0.717, 1.165) is 29.4 Å². The summed E-state index contributed by atoms with van der Waals surface area (Å²) in [6.45, 7) is 0.298. The van der Waals surface area contributed by atoms with Crippen LogP contribution in [0, 0.1) is 0 Å². The molecular formula is C16H19N3O. The zero-order valence-corrected chi connectivity index (χ0v) is 11.4. The Kier molecular flexibility index (Phi) is 3.81. The van der Waals surface area contributed by atoms with E-state index in [0.29, 0.717) is 12.6 Å². The first-order chi connectivity index (χ1) is 9.83. The summed E-state index contributed by atoms with van der Waals surface area (Å²) in [5.74, 6) is 0.0600. The van der Waals surface area contributed by atoms with Crippen molar-refractivity contribution in [2.45, 2.75) is 31.7 Å². The minimum atomic E-state index is 0.0600. The van der Waals surface area contributed by atoms with E-state index in [1.807, 2.05) is 30.3 Å². The normalized spacial score (nSPS) is 15.4. The molecule has 1 heterocycles. The fourth-order valence-electron chi connectivity index (χ4n) is 2.77. The number of aromatic nitrogens is 1. The summed E-state index contributed by atoms with van der Waals surface area (Å²) in [6, 6.07) is 10.3. The van der Waals surface area contributed by atoms with E-state index in [1.54, 1.807) is 6.20 Å². The van der Waals surface area contributed by atoms with E-state index in [1.165, 1.54) is 12.8 Å². The molecule has 0 unspecified atom stereocenters. The first-order valence-corrected chi connectivity index (χ1v) is 7.20. The third-order valence-electron chi connectivity index (χ3n) is 3.79. The molecule has 104 valence electrons. The molecule has 1 aliphatic carbocycles. The Morgan fingerprint density at radius 1 is 1.20 bits per heavy atom. The lowest BCUT2D eigenvalue weighted by molar-refractivity contribution is -0.120. The van der Waals surface area contributed by atoms with Crippen LogP contribution in [0.1, 0.15) is 25.7 Å². The van der Waals surface area contributed by atoms with Crippen LogP contribution in [0.15, 0.2) is 36.5 Å². The molecule has 20 heavy (non-hydrogen) atoms. The quantitative estimate of drug-likeness (QED) is 0.897. The van der Waals surface area contributed by atoms with Crippen molar-refractivity contribution in [3.05, 3.63) is 36.5 Å². The monoisotopic (exact) mass is 269 g/mol. The van der Waals surface area contributed by atoms with E-state index in [2.05, 4.69) is 15.6 Å². The van der Waals surface area contributed by atoms with Gasteiger partial charge in [0.2, 0.25) is 5.91 Å².